The van der Waals surface area contributed by atoms with E-state index in [9.17, 15) is 19.6 Å². The van der Waals surface area contributed by atoms with Gasteiger partial charge in [0.2, 0.25) is 0 Å². The van der Waals surface area contributed by atoms with Gasteiger partial charge in [-0.15, -0.1) is 0 Å². The second kappa shape index (κ2) is 12.7. The van der Waals surface area contributed by atoms with Gasteiger partial charge >= 0.3 is 12.1 Å². The van der Waals surface area contributed by atoms with Gasteiger partial charge in [0.1, 0.15) is 0 Å². The second-order valence-corrected chi connectivity index (χ2v) is 9.25. The van der Waals surface area contributed by atoms with Crippen LogP contribution in [0.1, 0.15) is 37.8 Å². The van der Waals surface area contributed by atoms with E-state index in [0.29, 0.717) is 6.54 Å². The quantitative estimate of drug-likeness (QED) is 0.494. The van der Waals surface area contributed by atoms with E-state index < -0.39 is 29.7 Å². The van der Waals surface area contributed by atoms with Gasteiger partial charge in [-0.3, -0.25) is 4.79 Å². The number of imide groups is 1. The first-order valence-corrected chi connectivity index (χ1v) is 12.1. The molecule has 2 unspecified atom stereocenters. The summed E-state index contributed by atoms with van der Waals surface area (Å²) in [5.41, 5.74) is 0.351. The van der Waals surface area contributed by atoms with Crippen LogP contribution in [0.5, 0.6) is 0 Å². The van der Waals surface area contributed by atoms with E-state index in [-0.39, 0.29) is 38.4 Å². The molecule has 0 aliphatic carbocycles. The standard InChI is InChI=1S/C27H33N5O4/c1-20(2)15-23(36-26(35)31-17-22-11-7-4-8-12-22)24(33)32(27(18-28)13-14-29-19-27)25(34)30-16-21-9-5-3-6-10-21/h3-12,20,23,29H,13-17,19H2,1-2H3,(H,30,34)(H,31,35). The number of benzene rings is 2. The molecule has 9 heteroatoms. The fraction of sp³-hybridized carbons (Fsp3) is 0.407. The maximum Gasteiger partial charge on any atom is 0.408 e. The van der Waals surface area contributed by atoms with Crippen molar-refractivity contribution in [2.24, 2.45) is 5.92 Å². The third-order valence-electron chi connectivity index (χ3n) is 5.97. The van der Waals surface area contributed by atoms with Crippen LogP contribution in [0.15, 0.2) is 60.7 Å². The van der Waals surface area contributed by atoms with Gasteiger partial charge in [-0.1, -0.05) is 74.5 Å². The molecule has 1 fully saturated rings. The molecule has 0 saturated carbocycles. The number of hydrogen-bond donors (Lipinski definition) is 3. The van der Waals surface area contributed by atoms with Crippen LogP contribution in [-0.2, 0) is 22.6 Å². The molecular formula is C27H33N5O4. The highest BCUT2D eigenvalue weighted by Crippen LogP contribution is 2.26. The normalized spacial score (nSPS) is 17.6. The van der Waals surface area contributed by atoms with Gasteiger partial charge in [-0.2, -0.15) is 5.26 Å². The molecule has 1 aliphatic heterocycles. The minimum Gasteiger partial charge on any atom is -0.436 e. The molecule has 1 saturated heterocycles. The summed E-state index contributed by atoms with van der Waals surface area (Å²) >= 11 is 0. The summed E-state index contributed by atoms with van der Waals surface area (Å²) in [5, 5.41) is 18.5. The van der Waals surface area contributed by atoms with Gasteiger partial charge in [-0.25, -0.2) is 14.5 Å². The molecule has 0 aromatic heterocycles. The Balaban J connectivity index is 1.78. The van der Waals surface area contributed by atoms with Crippen LogP contribution in [0.4, 0.5) is 9.59 Å². The molecule has 0 bridgehead atoms. The Morgan fingerprint density at radius 2 is 1.61 bits per heavy atom. The van der Waals surface area contributed by atoms with Gasteiger partial charge in [0.05, 0.1) is 6.07 Å². The Kier molecular flexibility index (Phi) is 9.42. The summed E-state index contributed by atoms with van der Waals surface area (Å²) in [6, 6.07) is 20.1. The summed E-state index contributed by atoms with van der Waals surface area (Å²) in [6.07, 6.45) is -1.51. The lowest BCUT2D eigenvalue weighted by molar-refractivity contribution is -0.141. The number of nitrogens with one attached hydrogen (secondary N) is 3. The molecule has 0 spiro atoms. The van der Waals surface area contributed by atoms with Crippen molar-refractivity contribution < 1.29 is 19.1 Å². The Morgan fingerprint density at radius 3 is 2.11 bits per heavy atom. The SMILES string of the molecule is CC(C)CC(OC(=O)NCc1ccccc1)C(=O)N(C(=O)NCc1ccccc1)C1(C#N)CCNC1. The average Bonchev–Trinajstić information content (AvgIpc) is 3.37. The van der Waals surface area contributed by atoms with Crippen LogP contribution in [0, 0.1) is 17.2 Å². The van der Waals surface area contributed by atoms with Gasteiger partial charge in [0, 0.05) is 19.6 Å². The first-order chi connectivity index (χ1) is 17.3. The minimum absolute atomic E-state index is 0.00478. The van der Waals surface area contributed by atoms with E-state index >= 15 is 0 Å². The summed E-state index contributed by atoms with van der Waals surface area (Å²) in [6.45, 7) is 4.82. The van der Waals surface area contributed by atoms with Crippen LogP contribution >= 0.6 is 0 Å². The molecule has 36 heavy (non-hydrogen) atoms. The summed E-state index contributed by atoms with van der Waals surface area (Å²) in [7, 11) is 0. The van der Waals surface area contributed by atoms with Crippen molar-refractivity contribution in [2.75, 3.05) is 13.1 Å². The summed E-state index contributed by atoms with van der Waals surface area (Å²) < 4.78 is 5.54. The highest BCUT2D eigenvalue weighted by molar-refractivity contribution is 5.99. The van der Waals surface area contributed by atoms with Crippen molar-refractivity contribution in [1.82, 2.24) is 20.9 Å². The van der Waals surface area contributed by atoms with Crippen LogP contribution < -0.4 is 16.0 Å². The van der Waals surface area contributed by atoms with Crippen molar-refractivity contribution >= 4 is 18.0 Å². The Bertz CT molecular complexity index is 1060. The molecule has 4 amide bonds. The van der Waals surface area contributed by atoms with Crippen LogP contribution in [-0.4, -0.2) is 47.7 Å². The van der Waals surface area contributed by atoms with Crippen LogP contribution in [0.3, 0.4) is 0 Å². The Morgan fingerprint density at radius 1 is 1.03 bits per heavy atom. The van der Waals surface area contributed by atoms with E-state index in [1.165, 1.54) is 0 Å². The topological polar surface area (TPSA) is 124 Å². The number of urea groups is 1. The van der Waals surface area contributed by atoms with E-state index in [2.05, 4.69) is 22.0 Å². The predicted molar refractivity (Wildman–Crippen MR) is 134 cm³/mol. The zero-order valence-electron chi connectivity index (χ0n) is 20.7. The maximum atomic E-state index is 13.8. The molecule has 1 aliphatic rings. The zero-order chi connectivity index (χ0) is 26.0. The number of carbonyl (C=O) groups is 3. The minimum atomic E-state index is -1.38. The largest absolute Gasteiger partial charge is 0.436 e. The number of nitriles is 1. The number of ether oxygens (including phenoxy) is 1. The van der Waals surface area contributed by atoms with E-state index in [4.69, 9.17) is 4.74 Å². The predicted octanol–water partition coefficient (Wildman–Crippen LogP) is 3.32. The molecule has 2 aromatic carbocycles. The highest BCUT2D eigenvalue weighted by Gasteiger charge is 2.49. The van der Waals surface area contributed by atoms with Gasteiger partial charge in [0.15, 0.2) is 11.6 Å². The fourth-order valence-corrected chi connectivity index (χ4v) is 4.09. The maximum absolute atomic E-state index is 13.8. The summed E-state index contributed by atoms with van der Waals surface area (Å²) in [5.74, 6) is -0.718. The van der Waals surface area contributed by atoms with Crippen molar-refractivity contribution in [3.05, 3.63) is 71.8 Å². The lowest BCUT2D eigenvalue weighted by Gasteiger charge is -2.35. The second-order valence-electron chi connectivity index (χ2n) is 9.25. The number of amides is 4. The molecule has 3 N–H and O–H groups in total. The first-order valence-electron chi connectivity index (χ1n) is 12.1. The fourth-order valence-electron chi connectivity index (χ4n) is 4.09. The molecule has 190 valence electrons. The lowest BCUT2D eigenvalue weighted by Crippen LogP contribution is -2.61. The molecule has 2 aromatic rings. The third kappa shape index (κ3) is 7.06. The number of hydrogen-bond acceptors (Lipinski definition) is 6. The molecule has 1 heterocycles. The number of rotatable bonds is 9. The number of alkyl carbamates (subject to hydrolysis) is 1. The monoisotopic (exact) mass is 491 g/mol. The third-order valence-corrected chi connectivity index (χ3v) is 5.97. The van der Waals surface area contributed by atoms with Gasteiger partial charge in [-0.05, 0) is 36.4 Å². The van der Waals surface area contributed by atoms with Crippen molar-refractivity contribution in [3.63, 3.8) is 0 Å². The average molecular weight is 492 g/mol. The van der Waals surface area contributed by atoms with E-state index in [1.54, 1.807) is 0 Å². The van der Waals surface area contributed by atoms with Crippen molar-refractivity contribution in [2.45, 2.75) is 51.4 Å². The number of nitrogens with zero attached hydrogens (tertiary/aromatic N) is 2. The smallest absolute Gasteiger partial charge is 0.408 e. The Hall–Kier alpha value is -3.90. The van der Waals surface area contributed by atoms with Gasteiger partial charge in [0.25, 0.3) is 5.91 Å². The molecule has 3 rings (SSSR count). The van der Waals surface area contributed by atoms with Crippen LogP contribution in [0.2, 0.25) is 0 Å². The van der Waals surface area contributed by atoms with E-state index in [0.717, 1.165) is 16.0 Å². The van der Waals surface area contributed by atoms with Crippen LogP contribution in [0.25, 0.3) is 0 Å². The molecule has 9 nitrogen and oxygen atoms in total. The Labute approximate surface area is 211 Å². The number of carbonyl (C=O) groups excluding carboxylic acids is 3. The van der Waals surface area contributed by atoms with Gasteiger partial charge < -0.3 is 20.7 Å². The van der Waals surface area contributed by atoms with Crippen molar-refractivity contribution in [3.8, 4) is 6.07 Å². The molecule has 2 atom stereocenters. The highest BCUT2D eigenvalue weighted by atomic mass is 16.6. The molecule has 0 radical (unpaired) electrons. The first kappa shape index (κ1) is 26.7. The van der Waals surface area contributed by atoms with E-state index in [1.807, 2.05) is 74.5 Å². The summed E-state index contributed by atoms with van der Waals surface area (Å²) in [4.78, 5) is 40.7. The zero-order valence-corrected chi connectivity index (χ0v) is 20.7. The lowest BCUT2D eigenvalue weighted by atomic mass is 9.96. The van der Waals surface area contributed by atoms with Crippen molar-refractivity contribution in [1.29, 1.82) is 5.26 Å². The molecular weight excluding hydrogens is 458 g/mol.